The molecule has 2 heteroatoms. The summed E-state index contributed by atoms with van der Waals surface area (Å²) in [6.07, 6.45) is 7.21. The summed E-state index contributed by atoms with van der Waals surface area (Å²) in [5.74, 6) is 4.09. The topological polar surface area (TPSA) is 47.6 Å². The average molecular weight is 210 g/mol. The van der Waals surface area contributed by atoms with Gasteiger partial charge in [-0.15, -0.1) is 0 Å². The van der Waals surface area contributed by atoms with Crippen LogP contribution in [0.1, 0.15) is 12.8 Å². The van der Waals surface area contributed by atoms with Crippen molar-refractivity contribution in [3.05, 3.63) is 12.2 Å². The van der Waals surface area contributed by atoms with Crippen LogP contribution in [0.4, 0.5) is 0 Å². The predicted molar refractivity (Wildman–Crippen MR) is 57.5 cm³/mol. The second kappa shape index (κ2) is 2.69. The van der Waals surface area contributed by atoms with Crippen LogP contribution in [0.3, 0.4) is 0 Å². The van der Waals surface area contributed by atoms with E-state index in [-0.39, 0.29) is 11.8 Å². The third-order valence-corrected chi connectivity index (χ3v) is 5.72. The van der Waals surface area contributed by atoms with Gasteiger partial charge in [-0.2, -0.15) is 10.5 Å². The van der Waals surface area contributed by atoms with E-state index in [0.29, 0.717) is 11.8 Å². The molecule has 0 amide bonds. The summed E-state index contributed by atoms with van der Waals surface area (Å²) in [5, 5.41) is 18.5. The zero-order chi connectivity index (χ0) is 10.9. The van der Waals surface area contributed by atoms with Crippen molar-refractivity contribution in [2.75, 3.05) is 0 Å². The van der Waals surface area contributed by atoms with Crippen LogP contribution in [0.15, 0.2) is 12.2 Å². The van der Waals surface area contributed by atoms with Crippen molar-refractivity contribution in [3.63, 3.8) is 0 Å². The van der Waals surface area contributed by atoms with Crippen LogP contribution >= 0.6 is 0 Å². The van der Waals surface area contributed by atoms with Gasteiger partial charge in [0, 0.05) is 0 Å². The van der Waals surface area contributed by atoms with Gasteiger partial charge >= 0.3 is 0 Å². The lowest BCUT2D eigenvalue weighted by Crippen LogP contribution is -2.35. The molecule has 4 rings (SSSR count). The first-order valence-electron chi connectivity index (χ1n) is 6.32. The normalized spacial score (nSPS) is 59.6. The number of fused-ring (bicyclic) bond motifs is 9. The number of allylic oxidation sites excluding steroid dienone is 2. The van der Waals surface area contributed by atoms with Crippen molar-refractivity contribution in [2.45, 2.75) is 12.8 Å². The van der Waals surface area contributed by atoms with Crippen LogP contribution < -0.4 is 0 Å². The van der Waals surface area contributed by atoms with Crippen LogP contribution in [0.25, 0.3) is 0 Å². The highest BCUT2D eigenvalue weighted by Gasteiger charge is 2.64. The van der Waals surface area contributed by atoms with Gasteiger partial charge in [-0.1, -0.05) is 12.2 Å². The molecule has 0 heterocycles. The molecule has 0 aliphatic heterocycles. The molecule has 2 nitrogen and oxygen atoms in total. The lowest BCUT2D eigenvalue weighted by atomic mass is 9.65. The molecule has 16 heavy (non-hydrogen) atoms. The summed E-state index contributed by atoms with van der Waals surface area (Å²) in [7, 11) is 0. The van der Waals surface area contributed by atoms with E-state index in [2.05, 4.69) is 24.3 Å². The molecule has 8 unspecified atom stereocenters. The van der Waals surface area contributed by atoms with E-state index in [1.807, 2.05) is 0 Å². The summed E-state index contributed by atoms with van der Waals surface area (Å²) >= 11 is 0. The SMILES string of the molecule is N#CC1C(C#N)C2CC1C1C3C=CC(C3)C21. The predicted octanol–water partition coefficient (Wildman–Crippen LogP) is 2.35. The minimum atomic E-state index is 0.0315. The van der Waals surface area contributed by atoms with Gasteiger partial charge in [0.15, 0.2) is 0 Å². The average Bonchev–Trinajstić information content (AvgIpc) is 3.03. The molecule has 4 aliphatic carbocycles. The third kappa shape index (κ3) is 0.767. The molecule has 3 saturated carbocycles. The number of hydrogen-bond donors (Lipinski definition) is 0. The Hall–Kier alpha value is -1.28. The Morgan fingerprint density at radius 2 is 1.31 bits per heavy atom. The van der Waals surface area contributed by atoms with Gasteiger partial charge in [0.25, 0.3) is 0 Å². The van der Waals surface area contributed by atoms with Crippen LogP contribution in [-0.4, -0.2) is 0 Å². The van der Waals surface area contributed by atoms with E-state index < -0.39 is 0 Å². The molecule has 4 bridgehead atoms. The Bertz CT molecular complexity index is 412. The molecule has 0 N–H and O–H groups in total. The fourth-order valence-electron chi connectivity index (χ4n) is 5.39. The Kier molecular flexibility index (Phi) is 1.48. The molecule has 3 fully saturated rings. The summed E-state index contributed by atoms with van der Waals surface area (Å²) in [6.45, 7) is 0. The van der Waals surface area contributed by atoms with Gasteiger partial charge in [0.05, 0.1) is 24.0 Å². The zero-order valence-electron chi connectivity index (χ0n) is 9.08. The van der Waals surface area contributed by atoms with Crippen molar-refractivity contribution in [1.82, 2.24) is 0 Å². The standard InChI is InChI=1S/C14H14N2/c15-5-11-9-4-10(12(11)6-16)14-8-2-1-7(3-8)13(9)14/h1-2,7-14H,3-4H2. The molecule has 80 valence electrons. The van der Waals surface area contributed by atoms with E-state index in [1.165, 1.54) is 6.42 Å². The molecule has 0 radical (unpaired) electrons. The fourth-order valence-corrected chi connectivity index (χ4v) is 5.39. The monoisotopic (exact) mass is 210 g/mol. The molecule has 0 aromatic carbocycles. The molecule has 0 saturated heterocycles. The van der Waals surface area contributed by atoms with E-state index in [0.717, 1.165) is 30.1 Å². The first kappa shape index (κ1) is 8.82. The van der Waals surface area contributed by atoms with Gasteiger partial charge in [-0.05, 0) is 48.3 Å². The quantitative estimate of drug-likeness (QED) is 0.455. The highest BCUT2D eigenvalue weighted by Crippen LogP contribution is 2.68. The second-order valence-corrected chi connectivity index (χ2v) is 5.98. The maximum Gasteiger partial charge on any atom is 0.0672 e. The van der Waals surface area contributed by atoms with Crippen molar-refractivity contribution >= 4 is 0 Å². The molecule has 0 aromatic heterocycles. The zero-order valence-corrected chi connectivity index (χ0v) is 9.08. The number of hydrogen-bond acceptors (Lipinski definition) is 2. The summed E-state index contributed by atoms with van der Waals surface area (Å²) in [5.41, 5.74) is 0. The second-order valence-electron chi connectivity index (χ2n) is 5.98. The third-order valence-electron chi connectivity index (χ3n) is 5.72. The number of rotatable bonds is 0. The molecular formula is C14H14N2. The van der Waals surface area contributed by atoms with Crippen LogP contribution in [-0.2, 0) is 0 Å². The summed E-state index contributed by atoms with van der Waals surface area (Å²) in [6, 6.07) is 4.84. The van der Waals surface area contributed by atoms with Crippen LogP contribution in [0.5, 0.6) is 0 Å². The molecule has 8 atom stereocenters. The van der Waals surface area contributed by atoms with Crippen LogP contribution in [0.2, 0.25) is 0 Å². The summed E-state index contributed by atoms with van der Waals surface area (Å²) in [4.78, 5) is 0. The van der Waals surface area contributed by atoms with Gasteiger partial charge in [-0.3, -0.25) is 0 Å². The minimum Gasteiger partial charge on any atom is -0.198 e. The lowest BCUT2D eigenvalue weighted by Gasteiger charge is -2.36. The first-order chi connectivity index (χ1) is 7.85. The first-order valence-corrected chi connectivity index (χ1v) is 6.32. The fraction of sp³-hybridized carbons (Fsp3) is 0.714. The van der Waals surface area contributed by atoms with Gasteiger partial charge in [0.1, 0.15) is 0 Å². The number of nitrogens with zero attached hydrogens (tertiary/aromatic N) is 2. The maximum atomic E-state index is 9.26. The van der Waals surface area contributed by atoms with Gasteiger partial charge in [0.2, 0.25) is 0 Å². The smallest absolute Gasteiger partial charge is 0.0672 e. The van der Waals surface area contributed by atoms with E-state index in [9.17, 15) is 10.5 Å². The van der Waals surface area contributed by atoms with Gasteiger partial charge < -0.3 is 0 Å². The van der Waals surface area contributed by atoms with Gasteiger partial charge in [-0.25, -0.2) is 0 Å². The van der Waals surface area contributed by atoms with Crippen molar-refractivity contribution < 1.29 is 0 Å². The Balaban J connectivity index is 1.78. The Labute approximate surface area is 95.6 Å². The lowest BCUT2D eigenvalue weighted by molar-refractivity contribution is 0.143. The molecule has 0 spiro atoms. The Morgan fingerprint density at radius 3 is 1.75 bits per heavy atom. The molecule has 4 aliphatic rings. The van der Waals surface area contributed by atoms with E-state index >= 15 is 0 Å². The maximum absolute atomic E-state index is 9.26. The van der Waals surface area contributed by atoms with Crippen molar-refractivity contribution in [2.24, 2.45) is 47.3 Å². The number of nitriles is 2. The van der Waals surface area contributed by atoms with Crippen molar-refractivity contribution in [1.29, 1.82) is 10.5 Å². The van der Waals surface area contributed by atoms with Crippen LogP contribution in [0, 0.1) is 70.0 Å². The van der Waals surface area contributed by atoms with E-state index in [1.54, 1.807) is 0 Å². The Morgan fingerprint density at radius 1 is 0.812 bits per heavy atom. The largest absolute Gasteiger partial charge is 0.198 e. The van der Waals surface area contributed by atoms with E-state index in [4.69, 9.17) is 0 Å². The van der Waals surface area contributed by atoms with Crippen molar-refractivity contribution in [3.8, 4) is 12.1 Å². The molecular weight excluding hydrogens is 196 g/mol. The highest BCUT2D eigenvalue weighted by molar-refractivity contribution is 5.26. The minimum absolute atomic E-state index is 0.0315. The highest BCUT2D eigenvalue weighted by atomic mass is 14.7. The summed E-state index contributed by atoms with van der Waals surface area (Å²) < 4.78 is 0. The molecule has 0 aromatic rings.